The summed E-state index contributed by atoms with van der Waals surface area (Å²) >= 11 is 0. The molecule has 1 aromatic carbocycles. The van der Waals surface area contributed by atoms with Crippen LogP contribution in [0.25, 0.3) is 11.5 Å². The maximum atomic E-state index is 5.30. The Labute approximate surface area is 101 Å². The molecule has 0 aliphatic rings. The molecule has 0 saturated heterocycles. The molecule has 1 N–H and O–H groups in total. The van der Waals surface area contributed by atoms with Crippen molar-refractivity contribution < 1.29 is 4.52 Å². The van der Waals surface area contributed by atoms with E-state index >= 15 is 0 Å². The zero-order chi connectivity index (χ0) is 12.1. The SMILES string of the molecule is CCc1ccccc1-c1nc(CCNC)no1. The summed E-state index contributed by atoms with van der Waals surface area (Å²) in [6, 6.07) is 8.13. The minimum absolute atomic E-state index is 0.619. The van der Waals surface area contributed by atoms with Crippen LogP contribution in [-0.2, 0) is 12.8 Å². The lowest BCUT2D eigenvalue weighted by Gasteiger charge is -2.01. The Morgan fingerprint density at radius 3 is 2.88 bits per heavy atom. The van der Waals surface area contributed by atoms with E-state index in [1.54, 1.807) is 0 Å². The Morgan fingerprint density at radius 1 is 1.29 bits per heavy atom. The van der Waals surface area contributed by atoms with Crippen molar-refractivity contribution in [2.24, 2.45) is 0 Å². The van der Waals surface area contributed by atoms with E-state index in [1.807, 2.05) is 25.2 Å². The standard InChI is InChI=1S/C13H17N3O/c1-3-10-6-4-5-7-11(10)13-15-12(16-17-13)8-9-14-2/h4-7,14H,3,8-9H2,1-2H3. The molecule has 90 valence electrons. The third kappa shape index (κ3) is 2.71. The summed E-state index contributed by atoms with van der Waals surface area (Å²) in [6.45, 7) is 2.98. The van der Waals surface area contributed by atoms with Crippen LogP contribution in [0.15, 0.2) is 28.8 Å². The summed E-state index contributed by atoms with van der Waals surface area (Å²) in [5, 5.41) is 7.05. The summed E-state index contributed by atoms with van der Waals surface area (Å²) in [5.41, 5.74) is 2.27. The van der Waals surface area contributed by atoms with Crippen LogP contribution in [0.2, 0.25) is 0 Å². The highest BCUT2D eigenvalue weighted by molar-refractivity contribution is 5.58. The zero-order valence-corrected chi connectivity index (χ0v) is 10.2. The molecular formula is C13H17N3O. The van der Waals surface area contributed by atoms with Gasteiger partial charge in [-0.05, 0) is 25.1 Å². The molecule has 0 fully saturated rings. The molecule has 0 amide bonds. The molecule has 0 unspecified atom stereocenters. The van der Waals surface area contributed by atoms with Crippen molar-refractivity contribution in [3.63, 3.8) is 0 Å². The average Bonchev–Trinajstić information content (AvgIpc) is 2.85. The summed E-state index contributed by atoms with van der Waals surface area (Å²) in [5.74, 6) is 1.37. The van der Waals surface area contributed by atoms with Crippen LogP contribution < -0.4 is 5.32 Å². The van der Waals surface area contributed by atoms with Gasteiger partial charge in [0.05, 0.1) is 0 Å². The van der Waals surface area contributed by atoms with Crippen LogP contribution in [0.3, 0.4) is 0 Å². The monoisotopic (exact) mass is 231 g/mol. The van der Waals surface area contributed by atoms with Gasteiger partial charge in [-0.15, -0.1) is 0 Å². The highest BCUT2D eigenvalue weighted by Gasteiger charge is 2.11. The first-order chi connectivity index (χ1) is 8.35. The summed E-state index contributed by atoms with van der Waals surface area (Å²) in [4.78, 5) is 4.41. The van der Waals surface area contributed by atoms with Crippen molar-refractivity contribution in [2.45, 2.75) is 19.8 Å². The van der Waals surface area contributed by atoms with Crippen LogP contribution >= 0.6 is 0 Å². The minimum Gasteiger partial charge on any atom is -0.334 e. The molecular weight excluding hydrogens is 214 g/mol. The maximum Gasteiger partial charge on any atom is 0.258 e. The van der Waals surface area contributed by atoms with Gasteiger partial charge in [0.15, 0.2) is 5.82 Å². The van der Waals surface area contributed by atoms with E-state index in [1.165, 1.54) is 5.56 Å². The fraction of sp³-hybridized carbons (Fsp3) is 0.385. The second kappa shape index (κ2) is 5.59. The van der Waals surface area contributed by atoms with Crippen molar-refractivity contribution in [3.8, 4) is 11.5 Å². The van der Waals surface area contributed by atoms with Gasteiger partial charge >= 0.3 is 0 Å². The third-order valence-electron chi connectivity index (χ3n) is 2.70. The first kappa shape index (κ1) is 11.8. The molecule has 4 heteroatoms. The molecule has 1 aromatic heterocycles. The fourth-order valence-corrected chi connectivity index (χ4v) is 1.74. The Balaban J connectivity index is 2.24. The average molecular weight is 231 g/mol. The molecule has 17 heavy (non-hydrogen) atoms. The van der Waals surface area contributed by atoms with E-state index in [0.717, 1.165) is 30.8 Å². The van der Waals surface area contributed by atoms with Crippen LogP contribution in [-0.4, -0.2) is 23.7 Å². The van der Waals surface area contributed by atoms with Crippen molar-refractivity contribution in [3.05, 3.63) is 35.7 Å². The van der Waals surface area contributed by atoms with Gasteiger partial charge in [-0.3, -0.25) is 0 Å². The predicted molar refractivity (Wildman–Crippen MR) is 66.7 cm³/mol. The van der Waals surface area contributed by atoms with E-state index < -0.39 is 0 Å². The van der Waals surface area contributed by atoms with E-state index in [0.29, 0.717) is 5.89 Å². The van der Waals surface area contributed by atoms with Crippen LogP contribution in [0.1, 0.15) is 18.3 Å². The lowest BCUT2D eigenvalue weighted by atomic mass is 10.1. The number of nitrogens with one attached hydrogen (secondary N) is 1. The van der Waals surface area contributed by atoms with Gasteiger partial charge in [0.2, 0.25) is 0 Å². The molecule has 2 aromatic rings. The number of aromatic nitrogens is 2. The van der Waals surface area contributed by atoms with Gasteiger partial charge in [0.25, 0.3) is 5.89 Å². The molecule has 0 aliphatic heterocycles. The quantitative estimate of drug-likeness (QED) is 0.855. The lowest BCUT2D eigenvalue weighted by molar-refractivity contribution is 0.421. The normalized spacial score (nSPS) is 10.7. The first-order valence-electron chi connectivity index (χ1n) is 5.90. The topological polar surface area (TPSA) is 51.0 Å². The molecule has 0 radical (unpaired) electrons. The maximum absolute atomic E-state index is 5.30. The molecule has 0 aliphatic carbocycles. The Bertz CT molecular complexity index is 479. The van der Waals surface area contributed by atoms with Gasteiger partial charge in [0, 0.05) is 18.5 Å². The second-order valence-electron chi connectivity index (χ2n) is 3.88. The smallest absolute Gasteiger partial charge is 0.258 e. The highest BCUT2D eigenvalue weighted by Crippen LogP contribution is 2.22. The predicted octanol–water partition coefficient (Wildman–Crippen LogP) is 2.06. The van der Waals surface area contributed by atoms with Crippen molar-refractivity contribution in [1.82, 2.24) is 15.5 Å². The van der Waals surface area contributed by atoms with E-state index in [-0.39, 0.29) is 0 Å². The van der Waals surface area contributed by atoms with Gasteiger partial charge in [-0.25, -0.2) is 0 Å². The van der Waals surface area contributed by atoms with Crippen molar-refractivity contribution in [2.75, 3.05) is 13.6 Å². The van der Waals surface area contributed by atoms with Crippen molar-refractivity contribution >= 4 is 0 Å². The van der Waals surface area contributed by atoms with Crippen molar-refractivity contribution in [1.29, 1.82) is 0 Å². The largest absolute Gasteiger partial charge is 0.334 e. The van der Waals surface area contributed by atoms with Crippen LogP contribution in [0, 0.1) is 0 Å². The van der Waals surface area contributed by atoms with Gasteiger partial charge in [-0.1, -0.05) is 30.3 Å². The summed E-state index contributed by atoms with van der Waals surface area (Å²) < 4.78 is 5.30. The first-order valence-corrected chi connectivity index (χ1v) is 5.90. The molecule has 1 heterocycles. The van der Waals surface area contributed by atoms with Crippen LogP contribution in [0.5, 0.6) is 0 Å². The van der Waals surface area contributed by atoms with Gasteiger partial charge in [-0.2, -0.15) is 4.98 Å². The molecule has 0 spiro atoms. The highest BCUT2D eigenvalue weighted by atomic mass is 16.5. The van der Waals surface area contributed by atoms with E-state index in [9.17, 15) is 0 Å². The van der Waals surface area contributed by atoms with E-state index in [2.05, 4.69) is 28.4 Å². The molecule has 0 atom stereocenters. The Morgan fingerprint density at radius 2 is 2.12 bits per heavy atom. The number of aryl methyl sites for hydroxylation is 1. The number of nitrogens with zero attached hydrogens (tertiary/aromatic N) is 2. The number of hydrogen-bond acceptors (Lipinski definition) is 4. The summed E-state index contributed by atoms with van der Waals surface area (Å²) in [6.07, 6.45) is 1.75. The van der Waals surface area contributed by atoms with Gasteiger partial charge < -0.3 is 9.84 Å². The Kier molecular flexibility index (Phi) is 3.88. The fourth-order valence-electron chi connectivity index (χ4n) is 1.74. The minimum atomic E-state index is 0.619. The number of rotatable bonds is 5. The van der Waals surface area contributed by atoms with E-state index in [4.69, 9.17) is 4.52 Å². The lowest BCUT2D eigenvalue weighted by Crippen LogP contribution is -2.11. The number of likely N-dealkylation sites (N-methyl/N-ethyl adjacent to an activating group) is 1. The zero-order valence-electron chi connectivity index (χ0n) is 10.2. The summed E-state index contributed by atoms with van der Waals surface area (Å²) in [7, 11) is 1.91. The molecule has 2 rings (SSSR count). The molecule has 0 bridgehead atoms. The Hall–Kier alpha value is -1.68. The third-order valence-corrected chi connectivity index (χ3v) is 2.70. The second-order valence-corrected chi connectivity index (χ2v) is 3.88. The molecule has 0 saturated carbocycles. The number of benzene rings is 1. The van der Waals surface area contributed by atoms with Crippen LogP contribution in [0.4, 0.5) is 0 Å². The van der Waals surface area contributed by atoms with Gasteiger partial charge in [0.1, 0.15) is 0 Å². The number of hydrogen-bond donors (Lipinski definition) is 1. The molecule has 4 nitrogen and oxygen atoms in total.